The Hall–Kier alpha value is -0.900. The summed E-state index contributed by atoms with van der Waals surface area (Å²) in [5.74, 6) is -0.206. The molecule has 2 aromatic rings. The van der Waals surface area contributed by atoms with E-state index >= 15 is 0 Å². The summed E-state index contributed by atoms with van der Waals surface area (Å²) in [5.41, 5.74) is 1.99. The lowest BCUT2D eigenvalue weighted by atomic mass is 9.98. The summed E-state index contributed by atoms with van der Waals surface area (Å²) in [7, 11) is 0. The van der Waals surface area contributed by atoms with Crippen LogP contribution >= 0.6 is 27.5 Å². The molecule has 1 nitrogen and oxygen atoms in total. The van der Waals surface area contributed by atoms with Crippen molar-refractivity contribution in [2.75, 3.05) is 6.54 Å². The van der Waals surface area contributed by atoms with Crippen molar-refractivity contribution in [3.05, 3.63) is 68.9 Å². The third-order valence-corrected chi connectivity index (χ3v) is 4.64. The predicted molar refractivity (Wildman–Crippen MR) is 90.3 cm³/mol. The fourth-order valence-electron chi connectivity index (χ4n) is 2.30. The fourth-order valence-corrected chi connectivity index (χ4v) is 2.94. The van der Waals surface area contributed by atoms with Crippen molar-refractivity contribution >= 4 is 27.5 Å². The predicted octanol–water partition coefficient (Wildman–Crippen LogP) is 5.53. The highest BCUT2D eigenvalue weighted by Crippen LogP contribution is 2.31. The first-order valence-corrected chi connectivity index (χ1v) is 8.20. The van der Waals surface area contributed by atoms with Gasteiger partial charge < -0.3 is 5.32 Å². The average molecular weight is 371 g/mol. The van der Waals surface area contributed by atoms with Crippen LogP contribution in [-0.2, 0) is 6.42 Å². The molecule has 21 heavy (non-hydrogen) atoms. The zero-order valence-corrected chi connectivity index (χ0v) is 14.2. The lowest BCUT2D eigenvalue weighted by molar-refractivity contribution is 0.527. The average Bonchev–Trinajstić information content (AvgIpc) is 2.47. The Morgan fingerprint density at radius 2 is 2.00 bits per heavy atom. The van der Waals surface area contributed by atoms with Gasteiger partial charge in [-0.25, -0.2) is 4.39 Å². The van der Waals surface area contributed by atoms with Crippen molar-refractivity contribution < 1.29 is 4.39 Å². The molecular formula is C17H18BrClFN. The van der Waals surface area contributed by atoms with Crippen LogP contribution in [0.5, 0.6) is 0 Å². The molecule has 0 saturated heterocycles. The Balaban J connectivity index is 2.27. The lowest BCUT2D eigenvalue weighted by Gasteiger charge is -2.21. The summed E-state index contributed by atoms with van der Waals surface area (Å²) in [6.07, 6.45) is 1.74. The third kappa shape index (κ3) is 4.53. The van der Waals surface area contributed by atoms with Crippen molar-refractivity contribution in [1.82, 2.24) is 5.32 Å². The van der Waals surface area contributed by atoms with E-state index in [1.54, 1.807) is 12.1 Å². The Labute approximate surface area is 138 Å². The molecule has 1 unspecified atom stereocenters. The van der Waals surface area contributed by atoms with Gasteiger partial charge >= 0.3 is 0 Å². The van der Waals surface area contributed by atoms with E-state index in [0.717, 1.165) is 28.6 Å². The first kappa shape index (κ1) is 16.5. The minimum absolute atomic E-state index is 0.0664. The van der Waals surface area contributed by atoms with E-state index in [2.05, 4.69) is 28.2 Å². The molecule has 2 aromatic carbocycles. The molecule has 0 radical (unpaired) electrons. The number of rotatable bonds is 6. The van der Waals surface area contributed by atoms with Crippen LogP contribution in [0.4, 0.5) is 4.39 Å². The molecule has 0 heterocycles. The molecule has 0 spiro atoms. The van der Waals surface area contributed by atoms with Gasteiger partial charge in [0.1, 0.15) is 5.82 Å². The van der Waals surface area contributed by atoms with E-state index < -0.39 is 0 Å². The molecule has 0 aliphatic heterocycles. The van der Waals surface area contributed by atoms with Crippen LogP contribution in [0, 0.1) is 5.82 Å². The highest BCUT2D eigenvalue weighted by Gasteiger charge is 2.16. The number of benzene rings is 2. The van der Waals surface area contributed by atoms with Crippen molar-refractivity contribution in [3.63, 3.8) is 0 Å². The normalized spacial score (nSPS) is 12.4. The summed E-state index contributed by atoms with van der Waals surface area (Å²) in [6.45, 7) is 3.01. The van der Waals surface area contributed by atoms with Gasteiger partial charge in [0.05, 0.1) is 5.02 Å². The quantitative estimate of drug-likeness (QED) is 0.705. The summed E-state index contributed by atoms with van der Waals surface area (Å²) < 4.78 is 14.2. The number of nitrogens with one attached hydrogen (secondary N) is 1. The van der Waals surface area contributed by atoms with Crippen LogP contribution in [0.25, 0.3) is 0 Å². The summed E-state index contributed by atoms with van der Waals surface area (Å²) in [6, 6.07) is 12.7. The maximum atomic E-state index is 13.4. The monoisotopic (exact) mass is 369 g/mol. The number of hydrogen-bond donors (Lipinski definition) is 1. The zero-order chi connectivity index (χ0) is 15.2. The number of hydrogen-bond acceptors (Lipinski definition) is 1. The van der Waals surface area contributed by atoms with E-state index in [9.17, 15) is 4.39 Å². The van der Waals surface area contributed by atoms with Crippen LogP contribution in [0.15, 0.2) is 46.9 Å². The second-order valence-electron chi connectivity index (χ2n) is 4.98. The van der Waals surface area contributed by atoms with Crippen LogP contribution < -0.4 is 5.32 Å². The topological polar surface area (TPSA) is 12.0 Å². The van der Waals surface area contributed by atoms with E-state index in [1.807, 2.05) is 24.3 Å². The van der Waals surface area contributed by atoms with Gasteiger partial charge in [0.15, 0.2) is 0 Å². The summed E-state index contributed by atoms with van der Waals surface area (Å²) >= 11 is 9.86. The van der Waals surface area contributed by atoms with Gasteiger partial charge in [-0.1, -0.05) is 42.8 Å². The molecule has 0 aliphatic carbocycles. The highest BCUT2D eigenvalue weighted by molar-refractivity contribution is 9.10. The number of halogens is 3. The van der Waals surface area contributed by atoms with Crippen molar-refractivity contribution in [3.8, 4) is 0 Å². The molecule has 4 heteroatoms. The fraction of sp³-hybridized carbons (Fsp3) is 0.294. The minimum atomic E-state index is -0.206. The molecule has 1 N–H and O–H groups in total. The van der Waals surface area contributed by atoms with Crippen LogP contribution in [0.3, 0.4) is 0 Å². The van der Waals surface area contributed by atoms with Crippen LogP contribution in [-0.4, -0.2) is 6.54 Å². The Morgan fingerprint density at radius 1 is 1.24 bits per heavy atom. The second-order valence-corrected chi connectivity index (χ2v) is 6.22. The highest BCUT2D eigenvalue weighted by atomic mass is 79.9. The molecule has 0 aliphatic rings. The van der Waals surface area contributed by atoms with Crippen molar-refractivity contribution in [1.29, 1.82) is 0 Å². The Bertz CT molecular complexity index is 603. The summed E-state index contributed by atoms with van der Waals surface area (Å²) in [5, 5.41) is 4.20. The molecule has 0 aromatic heterocycles. The molecular weight excluding hydrogens is 353 g/mol. The third-order valence-electron chi connectivity index (χ3n) is 3.33. The van der Waals surface area contributed by atoms with Crippen molar-refractivity contribution in [2.24, 2.45) is 0 Å². The smallest absolute Gasteiger partial charge is 0.123 e. The maximum Gasteiger partial charge on any atom is 0.123 e. The second kappa shape index (κ2) is 7.92. The molecule has 2 rings (SSSR count). The largest absolute Gasteiger partial charge is 0.310 e. The zero-order valence-electron chi connectivity index (χ0n) is 11.9. The van der Waals surface area contributed by atoms with Crippen LogP contribution in [0.2, 0.25) is 5.02 Å². The summed E-state index contributed by atoms with van der Waals surface area (Å²) in [4.78, 5) is 0. The lowest BCUT2D eigenvalue weighted by Crippen LogP contribution is -2.24. The molecule has 0 fully saturated rings. The minimum Gasteiger partial charge on any atom is -0.310 e. The van der Waals surface area contributed by atoms with E-state index in [0.29, 0.717) is 11.4 Å². The standard InChI is InChI=1S/C17H18BrClFN/c1-2-9-21-16(11-12-5-3-6-13(20)10-12)14-7-4-8-15(18)17(14)19/h3-8,10,16,21H,2,9,11H2,1H3. The van der Waals surface area contributed by atoms with E-state index in [-0.39, 0.29) is 11.9 Å². The van der Waals surface area contributed by atoms with Gasteiger partial charge in [-0.15, -0.1) is 0 Å². The van der Waals surface area contributed by atoms with Gasteiger partial charge in [-0.05, 0) is 64.6 Å². The molecule has 112 valence electrons. The first-order valence-electron chi connectivity index (χ1n) is 7.03. The van der Waals surface area contributed by atoms with Gasteiger partial charge in [-0.3, -0.25) is 0 Å². The van der Waals surface area contributed by atoms with E-state index in [4.69, 9.17) is 11.6 Å². The van der Waals surface area contributed by atoms with Gasteiger partial charge in [0.2, 0.25) is 0 Å². The molecule has 0 bridgehead atoms. The van der Waals surface area contributed by atoms with Crippen molar-refractivity contribution in [2.45, 2.75) is 25.8 Å². The van der Waals surface area contributed by atoms with Gasteiger partial charge in [0, 0.05) is 10.5 Å². The maximum absolute atomic E-state index is 13.4. The SMILES string of the molecule is CCCNC(Cc1cccc(F)c1)c1cccc(Br)c1Cl. The first-order chi connectivity index (χ1) is 10.1. The Morgan fingerprint density at radius 3 is 2.71 bits per heavy atom. The Kier molecular flexibility index (Phi) is 6.22. The van der Waals surface area contributed by atoms with Gasteiger partial charge in [-0.2, -0.15) is 0 Å². The molecule has 0 amide bonds. The van der Waals surface area contributed by atoms with E-state index in [1.165, 1.54) is 6.07 Å². The van der Waals surface area contributed by atoms with Crippen LogP contribution in [0.1, 0.15) is 30.5 Å². The molecule has 0 saturated carbocycles. The van der Waals surface area contributed by atoms with Gasteiger partial charge in [0.25, 0.3) is 0 Å². The molecule has 1 atom stereocenters.